The quantitative estimate of drug-likeness (QED) is 0.562. The zero-order chi connectivity index (χ0) is 7.65. The van der Waals surface area contributed by atoms with E-state index in [9.17, 15) is 0 Å². The van der Waals surface area contributed by atoms with Gasteiger partial charge in [-0.05, 0) is 12.8 Å². The van der Waals surface area contributed by atoms with Gasteiger partial charge in [0.1, 0.15) is 0 Å². The van der Waals surface area contributed by atoms with Gasteiger partial charge in [0, 0.05) is 0 Å². The van der Waals surface area contributed by atoms with Crippen molar-refractivity contribution < 1.29 is 0 Å². The fourth-order valence-electron chi connectivity index (χ4n) is 0.285. The predicted octanol–water partition coefficient (Wildman–Crippen LogP) is 0.646. The molecule has 0 fully saturated rings. The molecule has 0 amide bonds. The Morgan fingerprint density at radius 2 is 1.89 bits per heavy atom. The summed E-state index contributed by atoms with van der Waals surface area (Å²) in [6, 6.07) is 0. The van der Waals surface area contributed by atoms with Crippen LogP contribution in [0.1, 0.15) is 20.8 Å². The zero-order valence-corrected chi connectivity index (χ0v) is 6.96. The van der Waals surface area contributed by atoms with E-state index in [0.29, 0.717) is 10.9 Å². The lowest BCUT2D eigenvalue weighted by Crippen LogP contribution is -2.52. The molecule has 0 bridgehead atoms. The molecule has 0 saturated heterocycles. The average molecular weight is 146 g/mol. The Labute approximate surface area is 61.6 Å². The van der Waals surface area contributed by atoms with E-state index in [-0.39, 0.29) is 0 Å². The summed E-state index contributed by atoms with van der Waals surface area (Å²) >= 11 is 4.76. The summed E-state index contributed by atoms with van der Waals surface area (Å²) in [5.74, 6) is 0.301. The van der Waals surface area contributed by atoms with Gasteiger partial charge in [-0.15, -0.1) is 0 Å². The van der Waals surface area contributed by atoms with Gasteiger partial charge in [-0.1, -0.05) is 26.1 Å². The van der Waals surface area contributed by atoms with E-state index in [2.05, 4.69) is 0 Å². The monoisotopic (exact) mass is 146 g/mol. The highest BCUT2D eigenvalue weighted by Crippen LogP contribution is 2.12. The minimum absolute atomic E-state index is 0.301. The van der Waals surface area contributed by atoms with Gasteiger partial charge in [-0.25, -0.2) is 0 Å². The fourth-order valence-corrected chi connectivity index (χ4v) is 0.520. The Morgan fingerprint density at radius 3 is 1.89 bits per heavy atom. The third-order valence-corrected chi connectivity index (χ3v) is 2.17. The van der Waals surface area contributed by atoms with Crippen LogP contribution in [0.2, 0.25) is 0 Å². The van der Waals surface area contributed by atoms with E-state index in [0.717, 1.165) is 0 Å². The standard InChI is InChI=1S/C6H14N2S/c1-4(2)6(3,8)5(7)9/h4H,8H2,1-3H3,(H2,7,9). The molecule has 1 atom stereocenters. The molecule has 0 heterocycles. The lowest BCUT2D eigenvalue weighted by Gasteiger charge is -2.27. The van der Waals surface area contributed by atoms with Gasteiger partial charge in [0.05, 0.1) is 10.5 Å². The van der Waals surface area contributed by atoms with Crippen molar-refractivity contribution >= 4 is 17.2 Å². The SMILES string of the molecule is CC(C)C(C)(N)C(N)=S. The summed E-state index contributed by atoms with van der Waals surface area (Å²) in [4.78, 5) is 0.387. The highest BCUT2D eigenvalue weighted by atomic mass is 32.1. The van der Waals surface area contributed by atoms with Gasteiger partial charge in [0.2, 0.25) is 0 Å². The van der Waals surface area contributed by atoms with Crippen molar-refractivity contribution in [3.05, 3.63) is 0 Å². The maximum absolute atomic E-state index is 5.74. The van der Waals surface area contributed by atoms with Gasteiger partial charge < -0.3 is 11.5 Å². The lowest BCUT2D eigenvalue weighted by atomic mass is 9.90. The van der Waals surface area contributed by atoms with Crippen molar-refractivity contribution in [3.8, 4) is 0 Å². The van der Waals surface area contributed by atoms with Crippen LogP contribution in [-0.2, 0) is 0 Å². The lowest BCUT2D eigenvalue weighted by molar-refractivity contribution is 0.450. The van der Waals surface area contributed by atoms with E-state index >= 15 is 0 Å². The largest absolute Gasteiger partial charge is 0.392 e. The summed E-state index contributed by atoms with van der Waals surface area (Å²) in [5.41, 5.74) is 10.6. The second-order valence-electron chi connectivity index (χ2n) is 2.80. The Kier molecular flexibility index (Phi) is 2.58. The molecule has 0 spiro atoms. The molecule has 0 aromatic heterocycles. The van der Waals surface area contributed by atoms with Crippen molar-refractivity contribution in [3.63, 3.8) is 0 Å². The molecule has 0 aromatic rings. The number of hydrogen-bond donors (Lipinski definition) is 2. The van der Waals surface area contributed by atoms with Crippen LogP contribution in [0, 0.1) is 5.92 Å². The summed E-state index contributed by atoms with van der Waals surface area (Å²) in [7, 11) is 0. The van der Waals surface area contributed by atoms with Crippen LogP contribution in [0.3, 0.4) is 0 Å². The Morgan fingerprint density at radius 1 is 1.56 bits per heavy atom. The number of hydrogen-bond acceptors (Lipinski definition) is 2. The Bertz CT molecular complexity index is 118. The predicted molar refractivity (Wildman–Crippen MR) is 44.2 cm³/mol. The van der Waals surface area contributed by atoms with Crippen molar-refractivity contribution in [2.24, 2.45) is 17.4 Å². The van der Waals surface area contributed by atoms with Gasteiger partial charge in [0.25, 0.3) is 0 Å². The molecule has 2 nitrogen and oxygen atoms in total. The highest BCUT2D eigenvalue weighted by molar-refractivity contribution is 7.80. The smallest absolute Gasteiger partial charge is 0.0929 e. The molecule has 0 aliphatic carbocycles. The first-order chi connectivity index (χ1) is 3.89. The molecule has 0 radical (unpaired) electrons. The minimum atomic E-state index is -0.491. The number of nitrogens with two attached hydrogens (primary N) is 2. The molecular formula is C6H14N2S. The van der Waals surface area contributed by atoms with E-state index in [4.69, 9.17) is 23.7 Å². The third-order valence-electron chi connectivity index (χ3n) is 1.73. The zero-order valence-electron chi connectivity index (χ0n) is 6.14. The van der Waals surface area contributed by atoms with Gasteiger partial charge in [-0.3, -0.25) is 0 Å². The topological polar surface area (TPSA) is 52.0 Å². The second kappa shape index (κ2) is 2.62. The molecule has 0 rings (SSSR count). The number of thiocarbonyl (C=S) groups is 1. The molecule has 1 unspecified atom stereocenters. The minimum Gasteiger partial charge on any atom is -0.392 e. The summed E-state index contributed by atoms with van der Waals surface area (Å²) < 4.78 is 0. The van der Waals surface area contributed by atoms with Gasteiger partial charge in [-0.2, -0.15) is 0 Å². The normalized spacial score (nSPS) is 17.4. The molecule has 54 valence electrons. The van der Waals surface area contributed by atoms with Crippen molar-refractivity contribution in [2.75, 3.05) is 0 Å². The van der Waals surface area contributed by atoms with Crippen LogP contribution in [0.25, 0.3) is 0 Å². The average Bonchev–Trinajstić information content (AvgIpc) is 1.65. The van der Waals surface area contributed by atoms with Crippen molar-refractivity contribution in [1.82, 2.24) is 0 Å². The van der Waals surface area contributed by atoms with Crippen LogP contribution in [0.15, 0.2) is 0 Å². The molecule has 0 saturated carbocycles. The van der Waals surface area contributed by atoms with Crippen LogP contribution >= 0.6 is 12.2 Å². The molecular weight excluding hydrogens is 132 g/mol. The number of rotatable bonds is 2. The Hall–Kier alpha value is -0.150. The first-order valence-corrected chi connectivity index (χ1v) is 3.38. The third kappa shape index (κ3) is 1.91. The van der Waals surface area contributed by atoms with Gasteiger partial charge >= 0.3 is 0 Å². The molecule has 3 heteroatoms. The first-order valence-electron chi connectivity index (χ1n) is 2.97. The molecule has 0 aromatic carbocycles. The van der Waals surface area contributed by atoms with E-state index < -0.39 is 5.54 Å². The van der Waals surface area contributed by atoms with Gasteiger partial charge in [0.15, 0.2) is 0 Å². The van der Waals surface area contributed by atoms with Crippen LogP contribution < -0.4 is 11.5 Å². The Balaban J connectivity index is 4.19. The first kappa shape index (κ1) is 8.85. The summed E-state index contributed by atoms with van der Waals surface area (Å²) in [6.45, 7) is 5.85. The van der Waals surface area contributed by atoms with Crippen LogP contribution in [-0.4, -0.2) is 10.5 Å². The second-order valence-corrected chi connectivity index (χ2v) is 3.24. The van der Waals surface area contributed by atoms with Crippen LogP contribution in [0.4, 0.5) is 0 Å². The molecule has 0 aliphatic rings. The molecule has 4 N–H and O–H groups in total. The van der Waals surface area contributed by atoms with Crippen molar-refractivity contribution in [1.29, 1.82) is 0 Å². The summed E-state index contributed by atoms with van der Waals surface area (Å²) in [5, 5.41) is 0. The van der Waals surface area contributed by atoms with E-state index in [1.807, 2.05) is 20.8 Å². The maximum Gasteiger partial charge on any atom is 0.0929 e. The molecule has 0 aliphatic heterocycles. The van der Waals surface area contributed by atoms with Crippen molar-refractivity contribution in [2.45, 2.75) is 26.3 Å². The van der Waals surface area contributed by atoms with E-state index in [1.54, 1.807) is 0 Å². The van der Waals surface area contributed by atoms with Crippen LogP contribution in [0.5, 0.6) is 0 Å². The highest BCUT2D eigenvalue weighted by Gasteiger charge is 2.25. The van der Waals surface area contributed by atoms with E-state index in [1.165, 1.54) is 0 Å². The molecule has 9 heavy (non-hydrogen) atoms. The fraction of sp³-hybridized carbons (Fsp3) is 0.833. The summed E-state index contributed by atoms with van der Waals surface area (Å²) in [6.07, 6.45) is 0. The maximum atomic E-state index is 5.74.